The summed E-state index contributed by atoms with van der Waals surface area (Å²) in [6, 6.07) is -1.69. The molecular formula is C25H41N5O7S. The highest BCUT2D eigenvalue weighted by molar-refractivity contribution is 7.88. The topological polar surface area (TPSA) is 163 Å². The van der Waals surface area contributed by atoms with E-state index < -0.39 is 51.3 Å². The molecule has 0 aromatic carbocycles. The SMILES string of the molecule is CCNS(=O)(=O)NC(=O)[C@@]12C[C@H]1C=CCCCCC[C@H](NC(=O)OC(C)(C)C)C(=O)N1CCC[C@H]1C(=O)N2. The van der Waals surface area contributed by atoms with Crippen molar-refractivity contribution in [3.63, 3.8) is 0 Å². The monoisotopic (exact) mass is 555 g/mol. The van der Waals surface area contributed by atoms with Crippen LogP contribution in [-0.2, 0) is 29.3 Å². The van der Waals surface area contributed by atoms with Crippen LogP contribution in [0.25, 0.3) is 0 Å². The fraction of sp³-hybridized carbons (Fsp3) is 0.760. The molecule has 214 valence electrons. The Bertz CT molecular complexity index is 1050. The van der Waals surface area contributed by atoms with Crippen molar-refractivity contribution in [3.05, 3.63) is 12.2 Å². The first kappa shape index (κ1) is 29.9. The van der Waals surface area contributed by atoms with Crippen LogP contribution in [0, 0.1) is 5.92 Å². The molecule has 0 bridgehead atoms. The van der Waals surface area contributed by atoms with E-state index in [-0.39, 0.29) is 24.8 Å². The highest BCUT2D eigenvalue weighted by atomic mass is 32.2. The maximum absolute atomic E-state index is 13.6. The molecule has 0 unspecified atom stereocenters. The van der Waals surface area contributed by atoms with Crippen LogP contribution in [-0.4, -0.2) is 73.4 Å². The Labute approximate surface area is 224 Å². The second kappa shape index (κ2) is 12.0. The molecule has 3 aliphatic rings. The van der Waals surface area contributed by atoms with Crippen molar-refractivity contribution in [2.45, 2.75) is 102 Å². The molecule has 1 saturated heterocycles. The number of amides is 4. The third kappa shape index (κ3) is 7.68. The van der Waals surface area contributed by atoms with Crippen LogP contribution in [0.2, 0.25) is 0 Å². The van der Waals surface area contributed by atoms with Crippen molar-refractivity contribution in [2.75, 3.05) is 13.1 Å². The normalized spacial score (nSPS) is 28.7. The van der Waals surface area contributed by atoms with E-state index in [1.165, 1.54) is 4.90 Å². The molecular weight excluding hydrogens is 514 g/mol. The van der Waals surface area contributed by atoms with Crippen LogP contribution in [0.4, 0.5) is 4.79 Å². The zero-order valence-electron chi connectivity index (χ0n) is 22.7. The minimum absolute atomic E-state index is 0.100. The van der Waals surface area contributed by atoms with Gasteiger partial charge in [0, 0.05) is 19.0 Å². The number of fused-ring (bicyclic) bond motifs is 2. The largest absolute Gasteiger partial charge is 0.444 e. The highest BCUT2D eigenvalue weighted by Gasteiger charge is 2.61. The van der Waals surface area contributed by atoms with Crippen LogP contribution >= 0.6 is 0 Å². The third-order valence-electron chi connectivity index (χ3n) is 6.89. The first-order valence-corrected chi connectivity index (χ1v) is 14.9. The number of alkyl carbamates (subject to hydrolysis) is 1. The van der Waals surface area contributed by atoms with Crippen molar-refractivity contribution in [1.82, 2.24) is 25.0 Å². The molecule has 12 nitrogen and oxygen atoms in total. The predicted octanol–water partition coefficient (Wildman–Crippen LogP) is 1.24. The number of rotatable bonds is 5. The number of carbonyl (C=O) groups is 4. The Morgan fingerprint density at radius 3 is 2.58 bits per heavy atom. The Morgan fingerprint density at radius 1 is 1.16 bits per heavy atom. The van der Waals surface area contributed by atoms with Gasteiger partial charge in [0.25, 0.3) is 5.91 Å². The Morgan fingerprint density at radius 2 is 1.89 bits per heavy atom. The molecule has 1 saturated carbocycles. The number of nitrogens with one attached hydrogen (secondary N) is 4. The lowest BCUT2D eigenvalue weighted by atomic mass is 10.0. The van der Waals surface area contributed by atoms with Gasteiger partial charge in [-0.1, -0.05) is 31.9 Å². The smallest absolute Gasteiger partial charge is 0.408 e. The van der Waals surface area contributed by atoms with Gasteiger partial charge in [-0.15, -0.1) is 0 Å². The molecule has 2 heterocycles. The summed E-state index contributed by atoms with van der Waals surface area (Å²) in [5.41, 5.74) is -2.15. The van der Waals surface area contributed by atoms with E-state index in [4.69, 9.17) is 4.74 Å². The van der Waals surface area contributed by atoms with Crippen LogP contribution in [0.3, 0.4) is 0 Å². The Kier molecular flexibility index (Phi) is 9.45. The van der Waals surface area contributed by atoms with Crippen molar-refractivity contribution in [1.29, 1.82) is 0 Å². The first-order chi connectivity index (χ1) is 17.8. The highest BCUT2D eigenvalue weighted by Crippen LogP contribution is 2.45. The Balaban J connectivity index is 1.83. The minimum Gasteiger partial charge on any atom is -0.444 e. The maximum atomic E-state index is 13.6. The molecule has 0 aromatic rings. The number of hydrogen-bond donors (Lipinski definition) is 4. The first-order valence-electron chi connectivity index (χ1n) is 13.4. The molecule has 38 heavy (non-hydrogen) atoms. The second-order valence-electron chi connectivity index (χ2n) is 11.2. The average Bonchev–Trinajstić information content (AvgIpc) is 3.26. The number of hydrogen-bond acceptors (Lipinski definition) is 7. The van der Waals surface area contributed by atoms with Crippen LogP contribution in [0.15, 0.2) is 12.2 Å². The van der Waals surface area contributed by atoms with Crippen molar-refractivity contribution in [3.8, 4) is 0 Å². The summed E-state index contributed by atoms with van der Waals surface area (Å²) in [5.74, 6) is -2.07. The summed E-state index contributed by atoms with van der Waals surface area (Å²) in [5, 5.41) is 5.47. The molecule has 2 fully saturated rings. The lowest BCUT2D eigenvalue weighted by Gasteiger charge is -2.30. The zero-order chi connectivity index (χ0) is 28.1. The van der Waals surface area contributed by atoms with E-state index in [1.807, 2.05) is 16.9 Å². The van der Waals surface area contributed by atoms with Crippen LogP contribution in [0.1, 0.15) is 79.1 Å². The van der Waals surface area contributed by atoms with E-state index in [9.17, 15) is 27.6 Å². The summed E-state index contributed by atoms with van der Waals surface area (Å²) in [7, 11) is -4.07. The number of nitrogens with zero attached hydrogens (tertiary/aromatic N) is 1. The van der Waals surface area contributed by atoms with Crippen LogP contribution < -0.4 is 20.1 Å². The van der Waals surface area contributed by atoms with Gasteiger partial charge in [-0.2, -0.15) is 13.1 Å². The van der Waals surface area contributed by atoms with Gasteiger partial charge in [0.05, 0.1) is 0 Å². The molecule has 4 amide bonds. The standard InChI is InChI=1S/C25H41N5O7S/c1-5-26-38(35,36)29-22(33)25-16-17(25)12-9-7-6-8-10-13-18(27-23(34)37-24(2,3)4)21(32)30-15-11-14-19(30)20(31)28-25/h9,12,17-19,26H,5-8,10-11,13-16H2,1-4H3,(H,27,34)(H,28,31)(H,29,33)/t17-,18+,19+,25-/m1/s1. The number of allylic oxidation sites excluding steroid dienone is 1. The summed E-state index contributed by atoms with van der Waals surface area (Å²) >= 11 is 0. The fourth-order valence-corrected chi connectivity index (χ4v) is 5.86. The quantitative estimate of drug-likeness (QED) is 0.371. The molecule has 13 heteroatoms. The molecule has 1 aliphatic carbocycles. The van der Waals surface area contributed by atoms with E-state index in [0.29, 0.717) is 32.2 Å². The maximum Gasteiger partial charge on any atom is 0.408 e. The summed E-state index contributed by atoms with van der Waals surface area (Å²) < 4.78 is 34.0. The summed E-state index contributed by atoms with van der Waals surface area (Å²) in [4.78, 5) is 54.1. The van der Waals surface area contributed by atoms with Gasteiger partial charge >= 0.3 is 16.3 Å². The van der Waals surface area contributed by atoms with E-state index >= 15 is 0 Å². The molecule has 4 N–H and O–H groups in total. The molecule has 2 aliphatic heterocycles. The molecule has 3 rings (SSSR count). The Hall–Kier alpha value is -2.67. The zero-order valence-corrected chi connectivity index (χ0v) is 23.5. The van der Waals surface area contributed by atoms with Crippen molar-refractivity contribution >= 4 is 34.0 Å². The minimum atomic E-state index is -4.07. The van der Waals surface area contributed by atoms with Gasteiger partial charge in [0.2, 0.25) is 11.8 Å². The van der Waals surface area contributed by atoms with Gasteiger partial charge < -0.3 is 20.3 Å². The van der Waals surface area contributed by atoms with E-state index in [0.717, 1.165) is 19.3 Å². The van der Waals surface area contributed by atoms with Gasteiger partial charge in [0.1, 0.15) is 23.2 Å². The number of ether oxygens (including phenoxy) is 1. The van der Waals surface area contributed by atoms with E-state index in [2.05, 4.69) is 15.4 Å². The van der Waals surface area contributed by atoms with Crippen molar-refractivity contribution < 1.29 is 32.3 Å². The van der Waals surface area contributed by atoms with Gasteiger partial charge in [-0.25, -0.2) is 9.52 Å². The van der Waals surface area contributed by atoms with Gasteiger partial charge in [0.15, 0.2) is 0 Å². The molecule has 4 atom stereocenters. The van der Waals surface area contributed by atoms with Gasteiger partial charge in [-0.3, -0.25) is 14.4 Å². The summed E-state index contributed by atoms with van der Waals surface area (Å²) in [6.07, 6.45) is 7.81. The average molecular weight is 556 g/mol. The lowest BCUT2D eigenvalue weighted by molar-refractivity contribution is -0.141. The second-order valence-corrected chi connectivity index (χ2v) is 12.7. The van der Waals surface area contributed by atoms with Crippen molar-refractivity contribution in [2.24, 2.45) is 5.92 Å². The molecule has 0 spiro atoms. The lowest BCUT2D eigenvalue weighted by Crippen LogP contribution is -2.59. The molecule has 0 radical (unpaired) electrons. The van der Waals surface area contributed by atoms with E-state index in [1.54, 1.807) is 27.7 Å². The third-order valence-corrected chi connectivity index (χ3v) is 8.01. The number of carbonyl (C=O) groups excluding carboxylic acids is 4. The van der Waals surface area contributed by atoms with Crippen LogP contribution in [0.5, 0.6) is 0 Å². The van der Waals surface area contributed by atoms with Gasteiger partial charge in [-0.05, 0) is 59.3 Å². The molecule has 0 aromatic heterocycles. The summed E-state index contributed by atoms with van der Waals surface area (Å²) in [6.45, 7) is 7.23. The fourth-order valence-electron chi connectivity index (χ4n) is 4.98. The predicted molar refractivity (Wildman–Crippen MR) is 140 cm³/mol.